The van der Waals surface area contributed by atoms with E-state index in [1.807, 2.05) is 14.0 Å². The second-order valence-corrected chi connectivity index (χ2v) is 3.61. The van der Waals surface area contributed by atoms with Gasteiger partial charge in [-0.05, 0) is 19.9 Å². The SMILES string of the molecule is CCC(=O)C1CCCCC1NC. The molecule has 2 nitrogen and oxygen atoms in total. The van der Waals surface area contributed by atoms with Gasteiger partial charge in [-0.15, -0.1) is 0 Å². The standard InChI is InChI=1S/C10H19NO/c1-3-10(12)8-6-4-5-7-9(8)11-2/h8-9,11H,3-7H2,1-2H3. The van der Waals surface area contributed by atoms with Crippen LogP contribution in [0.1, 0.15) is 39.0 Å². The topological polar surface area (TPSA) is 29.1 Å². The lowest BCUT2D eigenvalue weighted by Crippen LogP contribution is -2.40. The molecule has 0 saturated heterocycles. The van der Waals surface area contributed by atoms with Gasteiger partial charge in [0.25, 0.3) is 0 Å². The highest BCUT2D eigenvalue weighted by atomic mass is 16.1. The average molecular weight is 169 g/mol. The maximum Gasteiger partial charge on any atom is 0.137 e. The van der Waals surface area contributed by atoms with Gasteiger partial charge in [-0.1, -0.05) is 19.8 Å². The van der Waals surface area contributed by atoms with Crippen molar-refractivity contribution in [2.75, 3.05) is 7.05 Å². The van der Waals surface area contributed by atoms with Gasteiger partial charge in [0, 0.05) is 18.4 Å². The lowest BCUT2D eigenvalue weighted by atomic mass is 9.81. The summed E-state index contributed by atoms with van der Waals surface area (Å²) in [5.41, 5.74) is 0. The average Bonchev–Trinajstić information content (AvgIpc) is 2.16. The first-order valence-electron chi connectivity index (χ1n) is 4.99. The zero-order chi connectivity index (χ0) is 8.97. The highest BCUT2D eigenvalue weighted by Gasteiger charge is 2.28. The van der Waals surface area contributed by atoms with Crippen molar-refractivity contribution in [1.29, 1.82) is 0 Å². The summed E-state index contributed by atoms with van der Waals surface area (Å²) in [4.78, 5) is 11.5. The minimum Gasteiger partial charge on any atom is -0.316 e. The van der Waals surface area contributed by atoms with Crippen molar-refractivity contribution >= 4 is 5.78 Å². The lowest BCUT2D eigenvalue weighted by Gasteiger charge is -2.29. The summed E-state index contributed by atoms with van der Waals surface area (Å²) in [7, 11) is 1.96. The van der Waals surface area contributed by atoms with Crippen LogP contribution in [0.3, 0.4) is 0 Å². The number of Topliss-reactive ketones (excluding diaryl/α,β-unsaturated/α-hetero) is 1. The third-order valence-electron chi connectivity index (χ3n) is 2.90. The predicted octanol–water partition coefficient (Wildman–Crippen LogP) is 1.74. The molecule has 0 amide bonds. The Morgan fingerprint density at radius 1 is 1.42 bits per heavy atom. The van der Waals surface area contributed by atoms with Crippen LogP contribution in [0.25, 0.3) is 0 Å². The van der Waals surface area contributed by atoms with E-state index in [0.29, 0.717) is 24.2 Å². The molecule has 0 aromatic rings. The molecule has 2 unspecified atom stereocenters. The van der Waals surface area contributed by atoms with Crippen LogP contribution in [0.5, 0.6) is 0 Å². The van der Waals surface area contributed by atoms with Crippen LogP contribution in [0.15, 0.2) is 0 Å². The third kappa shape index (κ3) is 2.07. The number of carbonyl (C=O) groups is 1. The summed E-state index contributed by atoms with van der Waals surface area (Å²) in [6.07, 6.45) is 5.47. The van der Waals surface area contributed by atoms with Crippen molar-refractivity contribution in [2.24, 2.45) is 5.92 Å². The number of hydrogen-bond donors (Lipinski definition) is 1. The molecule has 0 bridgehead atoms. The number of carbonyl (C=O) groups excluding carboxylic acids is 1. The normalized spacial score (nSPS) is 30.2. The molecule has 1 saturated carbocycles. The molecule has 2 atom stereocenters. The van der Waals surface area contributed by atoms with E-state index in [1.165, 1.54) is 19.3 Å². The summed E-state index contributed by atoms with van der Waals surface area (Å²) < 4.78 is 0. The van der Waals surface area contributed by atoms with Gasteiger partial charge in [0.05, 0.1) is 0 Å². The van der Waals surface area contributed by atoms with E-state index in [4.69, 9.17) is 0 Å². The molecule has 1 aliphatic carbocycles. The summed E-state index contributed by atoms with van der Waals surface area (Å²) in [5.74, 6) is 0.739. The molecular formula is C10H19NO. The number of nitrogens with one attached hydrogen (secondary N) is 1. The minimum absolute atomic E-state index is 0.300. The summed E-state index contributed by atoms with van der Waals surface area (Å²) in [5, 5.41) is 3.25. The van der Waals surface area contributed by atoms with Crippen LogP contribution in [0.4, 0.5) is 0 Å². The van der Waals surface area contributed by atoms with Crippen LogP contribution in [0.2, 0.25) is 0 Å². The lowest BCUT2D eigenvalue weighted by molar-refractivity contribution is -0.124. The first kappa shape index (κ1) is 9.72. The highest BCUT2D eigenvalue weighted by Crippen LogP contribution is 2.25. The van der Waals surface area contributed by atoms with Crippen LogP contribution >= 0.6 is 0 Å². The fraction of sp³-hybridized carbons (Fsp3) is 0.900. The Balaban J connectivity index is 2.52. The molecule has 1 fully saturated rings. The first-order chi connectivity index (χ1) is 5.79. The Morgan fingerprint density at radius 2 is 2.08 bits per heavy atom. The van der Waals surface area contributed by atoms with Gasteiger partial charge >= 0.3 is 0 Å². The molecule has 0 aliphatic heterocycles. The van der Waals surface area contributed by atoms with Crippen molar-refractivity contribution in [3.63, 3.8) is 0 Å². The highest BCUT2D eigenvalue weighted by molar-refractivity contribution is 5.81. The first-order valence-corrected chi connectivity index (χ1v) is 4.99. The second kappa shape index (κ2) is 4.61. The largest absolute Gasteiger partial charge is 0.316 e. The molecule has 0 heterocycles. The van der Waals surface area contributed by atoms with Crippen molar-refractivity contribution in [3.05, 3.63) is 0 Å². The summed E-state index contributed by atoms with van der Waals surface area (Å²) >= 11 is 0. The maximum absolute atomic E-state index is 11.5. The Kier molecular flexibility index (Phi) is 3.73. The summed E-state index contributed by atoms with van der Waals surface area (Å²) in [6, 6.07) is 0.450. The van der Waals surface area contributed by atoms with Gasteiger partial charge in [-0.2, -0.15) is 0 Å². The monoisotopic (exact) mass is 169 g/mol. The quantitative estimate of drug-likeness (QED) is 0.697. The van der Waals surface area contributed by atoms with Crippen LogP contribution < -0.4 is 5.32 Å². The molecule has 1 rings (SSSR count). The number of rotatable bonds is 3. The zero-order valence-electron chi connectivity index (χ0n) is 8.10. The molecule has 1 aliphatic rings. The van der Waals surface area contributed by atoms with E-state index in [-0.39, 0.29) is 0 Å². The minimum atomic E-state index is 0.300. The molecule has 0 aromatic heterocycles. The van der Waals surface area contributed by atoms with Crippen molar-refractivity contribution in [1.82, 2.24) is 5.32 Å². The number of hydrogen-bond acceptors (Lipinski definition) is 2. The Bertz CT molecular complexity index is 156. The molecule has 0 aromatic carbocycles. The van der Waals surface area contributed by atoms with Gasteiger partial charge in [-0.25, -0.2) is 0 Å². The van der Waals surface area contributed by atoms with Crippen LogP contribution in [0, 0.1) is 5.92 Å². The van der Waals surface area contributed by atoms with Gasteiger partial charge in [0.15, 0.2) is 0 Å². The number of ketones is 1. The van der Waals surface area contributed by atoms with Gasteiger partial charge in [-0.3, -0.25) is 4.79 Å². The smallest absolute Gasteiger partial charge is 0.137 e. The van der Waals surface area contributed by atoms with E-state index in [2.05, 4.69) is 5.32 Å². The fourth-order valence-corrected chi connectivity index (χ4v) is 2.12. The maximum atomic E-state index is 11.5. The van der Waals surface area contributed by atoms with E-state index in [0.717, 1.165) is 6.42 Å². The Labute approximate surface area is 74.7 Å². The second-order valence-electron chi connectivity index (χ2n) is 3.61. The Morgan fingerprint density at radius 3 is 2.67 bits per heavy atom. The molecule has 12 heavy (non-hydrogen) atoms. The van der Waals surface area contributed by atoms with Gasteiger partial charge in [0.2, 0.25) is 0 Å². The van der Waals surface area contributed by atoms with E-state index in [1.54, 1.807) is 0 Å². The Hall–Kier alpha value is -0.370. The molecule has 0 radical (unpaired) electrons. The molecule has 1 N–H and O–H groups in total. The van der Waals surface area contributed by atoms with E-state index in [9.17, 15) is 4.79 Å². The molecule has 0 spiro atoms. The third-order valence-corrected chi connectivity index (χ3v) is 2.90. The zero-order valence-corrected chi connectivity index (χ0v) is 8.10. The van der Waals surface area contributed by atoms with Gasteiger partial charge < -0.3 is 5.32 Å². The fourth-order valence-electron chi connectivity index (χ4n) is 2.12. The molecule has 2 heteroatoms. The van der Waals surface area contributed by atoms with Gasteiger partial charge in [0.1, 0.15) is 5.78 Å². The van der Waals surface area contributed by atoms with Crippen molar-refractivity contribution in [2.45, 2.75) is 45.1 Å². The van der Waals surface area contributed by atoms with E-state index >= 15 is 0 Å². The van der Waals surface area contributed by atoms with Crippen molar-refractivity contribution < 1.29 is 4.79 Å². The van der Waals surface area contributed by atoms with Crippen LogP contribution in [-0.2, 0) is 4.79 Å². The van der Waals surface area contributed by atoms with E-state index < -0.39 is 0 Å². The summed E-state index contributed by atoms with van der Waals surface area (Å²) in [6.45, 7) is 1.96. The van der Waals surface area contributed by atoms with Crippen LogP contribution in [-0.4, -0.2) is 18.9 Å². The van der Waals surface area contributed by atoms with Crippen molar-refractivity contribution in [3.8, 4) is 0 Å². The predicted molar refractivity (Wildman–Crippen MR) is 50.1 cm³/mol. The molecular weight excluding hydrogens is 150 g/mol. The molecule has 70 valence electrons.